The molecule has 4 aliphatic rings. The highest BCUT2D eigenvalue weighted by molar-refractivity contribution is 5.95. The van der Waals surface area contributed by atoms with E-state index in [4.69, 9.17) is 23.5 Å². The zero-order chi connectivity index (χ0) is 47.8. The molecule has 8 atom stereocenters. The SMILES string of the molecule is Cc1cc(C)cc(C2=C3N=CC=C3CN2OC2C(Oc3ccc4c(=O)c(-c5ccc(O)cc5)coc4c3)OC(C(O)(CO)OC(=O)C(C(=O)O)C(O)(CCO)NC3CCCCC3)C(O)C2O)c1. The number of nitrogens with one attached hydrogen (secondary N) is 1. The third-order valence-corrected chi connectivity index (χ3v) is 12.5. The number of rotatable bonds is 16. The highest BCUT2D eigenvalue weighted by atomic mass is 16.8. The minimum Gasteiger partial charge on any atom is -0.508 e. The third kappa shape index (κ3) is 9.60. The number of carbonyl (C=O) groups excluding carboxylic acids is 1. The Bertz CT molecular complexity index is 2640. The van der Waals surface area contributed by atoms with Crippen LogP contribution in [0.4, 0.5) is 0 Å². The molecule has 0 bridgehead atoms. The third-order valence-electron chi connectivity index (χ3n) is 12.5. The van der Waals surface area contributed by atoms with Crippen LogP contribution in [0.1, 0.15) is 55.2 Å². The van der Waals surface area contributed by atoms with Gasteiger partial charge in [-0.15, -0.1) is 0 Å². The largest absolute Gasteiger partial charge is 0.508 e. The number of carboxylic acid groups (broad SMARTS) is 1. The van der Waals surface area contributed by atoms with E-state index in [0.29, 0.717) is 35.4 Å². The van der Waals surface area contributed by atoms with Crippen molar-refractivity contribution in [2.45, 2.75) is 101 Å². The standard InChI is InChI=1S/C48H53N3O16/c1-25-18-26(2)20-29(19-25)38-37-28(14-16-49-37)22-51(38)67-42-40(56)41(57)43(48(62,24-53)66-45(60)36(44(58)59)47(61,15-17-52)50-30-6-4-3-5-7-30)65-46(42)64-32-12-13-33-35(21-32)63-23-34(39(33)55)27-8-10-31(54)11-9-27/h8-14,16,18-21,23,30,36,40-43,46,50,52-54,56-57,61-62H,3-7,15,17,22,24H2,1-2H3,(H,58,59). The molecule has 1 saturated carbocycles. The fourth-order valence-electron chi connectivity index (χ4n) is 9.24. The normalized spacial score (nSPS) is 24.2. The summed E-state index contributed by atoms with van der Waals surface area (Å²) in [7, 11) is 0. The molecule has 2 fully saturated rings. The van der Waals surface area contributed by atoms with Crippen LogP contribution in [0.3, 0.4) is 0 Å². The van der Waals surface area contributed by atoms with Gasteiger partial charge in [0.25, 0.3) is 5.79 Å². The Morgan fingerprint density at radius 3 is 2.34 bits per heavy atom. The number of hydroxylamine groups is 2. The number of nitrogens with zero attached hydrogens (tertiary/aromatic N) is 2. The molecule has 8 rings (SSSR count). The smallest absolute Gasteiger partial charge is 0.327 e. The van der Waals surface area contributed by atoms with Crippen molar-refractivity contribution in [1.29, 1.82) is 0 Å². The van der Waals surface area contributed by atoms with Crippen LogP contribution in [-0.4, -0.2) is 132 Å². The minimum atomic E-state index is -3.32. The van der Waals surface area contributed by atoms with Gasteiger partial charge in [0.05, 0.1) is 28.9 Å². The van der Waals surface area contributed by atoms with E-state index < -0.39 is 91.2 Å². The van der Waals surface area contributed by atoms with Crippen molar-refractivity contribution in [3.8, 4) is 22.6 Å². The molecule has 4 aromatic rings. The summed E-state index contributed by atoms with van der Waals surface area (Å²) in [5.74, 6) is -9.52. The van der Waals surface area contributed by atoms with E-state index in [9.17, 15) is 55.2 Å². The Hall–Kier alpha value is -6.00. The van der Waals surface area contributed by atoms with Crippen molar-refractivity contribution >= 4 is 34.8 Å². The number of hydrogen-bond acceptors (Lipinski definition) is 18. The van der Waals surface area contributed by atoms with Gasteiger partial charge in [0.1, 0.15) is 47.9 Å². The van der Waals surface area contributed by atoms with Crippen LogP contribution in [0, 0.1) is 19.8 Å². The number of hydrogen-bond donors (Lipinski definition) is 9. The second-order valence-corrected chi connectivity index (χ2v) is 17.4. The number of aliphatic hydroxyl groups excluding tert-OH is 4. The van der Waals surface area contributed by atoms with Gasteiger partial charge in [0, 0.05) is 42.5 Å². The number of ether oxygens (including phenoxy) is 3. The molecule has 0 amide bonds. The van der Waals surface area contributed by atoms with Crippen LogP contribution in [0.5, 0.6) is 11.5 Å². The lowest BCUT2D eigenvalue weighted by atomic mass is 9.88. The minimum absolute atomic E-state index is 0.00608. The van der Waals surface area contributed by atoms with Crippen molar-refractivity contribution in [3.63, 3.8) is 0 Å². The number of allylic oxidation sites excluding steroid dienone is 1. The molecule has 1 aromatic heterocycles. The molecule has 9 N–H and O–H groups in total. The highest BCUT2D eigenvalue weighted by Gasteiger charge is 2.59. The molecule has 4 heterocycles. The summed E-state index contributed by atoms with van der Waals surface area (Å²) < 4.78 is 23.6. The molecule has 356 valence electrons. The molecule has 0 radical (unpaired) electrons. The van der Waals surface area contributed by atoms with Crippen LogP contribution >= 0.6 is 0 Å². The molecule has 0 spiro atoms. The highest BCUT2D eigenvalue weighted by Crippen LogP contribution is 2.41. The molecular formula is C48H53N3O16. The molecule has 19 nitrogen and oxygen atoms in total. The maximum absolute atomic E-state index is 13.9. The number of fused-ring (bicyclic) bond motifs is 2. The zero-order valence-corrected chi connectivity index (χ0v) is 36.6. The van der Waals surface area contributed by atoms with E-state index in [1.165, 1.54) is 41.7 Å². The van der Waals surface area contributed by atoms with Gasteiger partial charge in [-0.1, -0.05) is 48.6 Å². The molecule has 1 saturated heterocycles. The number of benzene rings is 3. The van der Waals surface area contributed by atoms with Crippen LogP contribution in [0.25, 0.3) is 27.8 Å². The number of carbonyl (C=O) groups is 2. The first kappa shape index (κ1) is 47.5. The van der Waals surface area contributed by atoms with Gasteiger partial charge in [-0.2, -0.15) is 0 Å². The number of aryl methyl sites for hydroxylation is 2. The number of aliphatic carboxylic acids is 1. The van der Waals surface area contributed by atoms with E-state index in [0.717, 1.165) is 36.0 Å². The van der Waals surface area contributed by atoms with Gasteiger partial charge in [0.15, 0.2) is 23.6 Å². The number of phenols is 1. The van der Waals surface area contributed by atoms with Gasteiger partial charge in [0.2, 0.25) is 6.29 Å². The van der Waals surface area contributed by atoms with Gasteiger partial charge in [-0.3, -0.25) is 29.5 Å². The average molecular weight is 928 g/mol. The van der Waals surface area contributed by atoms with Crippen molar-refractivity contribution in [1.82, 2.24) is 10.4 Å². The lowest BCUT2D eigenvalue weighted by Gasteiger charge is -2.47. The number of aliphatic hydroxyl groups is 6. The summed E-state index contributed by atoms with van der Waals surface area (Å²) in [6, 6.07) is 15.5. The molecule has 1 aliphatic carbocycles. The number of aromatic hydroxyl groups is 1. The van der Waals surface area contributed by atoms with E-state index >= 15 is 0 Å². The van der Waals surface area contributed by atoms with E-state index in [2.05, 4.69) is 10.3 Å². The van der Waals surface area contributed by atoms with Crippen LogP contribution in [0.2, 0.25) is 0 Å². The van der Waals surface area contributed by atoms with Crippen molar-refractivity contribution in [2.24, 2.45) is 10.9 Å². The summed E-state index contributed by atoms with van der Waals surface area (Å²) in [5.41, 5.74) is 2.15. The van der Waals surface area contributed by atoms with Gasteiger partial charge >= 0.3 is 11.9 Å². The van der Waals surface area contributed by atoms with Crippen LogP contribution in [0.15, 0.2) is 98.5 Å². The summed E-state index contributed by atoms with van der Waals surface area (Å²) in [5, 5.41) is 92.3. The quantitative estimate of drug-likeness (QED) is 0.0443. The maximum Gasteiger partial charge on any atom is 0.327 e. The first-order valence-corrected chi connectivity index (χ1v) is 22.0. The van der Waals surface area contributed by atoms with Crippen LogP contribution < -0.4 is 15.5 Å². The Morgan fingerprint density at radius 1 is 0.955 bits per heavy atom. The van der Waals surface area contributed by atoms with Gasteiger partial charge in [-0.25, -0.2) is 5.06 Å². The second-order valence-electron chi connectivity index (χ2n) is 17.4. The molecule has 3 aliphatic heterocycles. The lowest BCUT2D eigenvalue weighted by Crippen LogP contribution is -2.69. The molecule has 3 aromatic carbocycles. The topological polar surface area (TPSA) is 291 Å². The molecule has 67 heavy (non-hydrogen) atoms. The average Bonchev–Trinajstić information content (AvgIpc) is 3.88. The monoisotopic (exact) mass is 927 g/mol. The summed E-state index contributed by atoms with van der Waals surface area (Å²) >= 11 is 0. The Morgan fingerprint density at radius 2 is 1.67 bits per heavy atom. The fourth-order valence-corrected chi connectivity index (χ4v) is 9.24. The van der Waals surface area contributed by atoms with E-state index in [1.807, 2.05) is 32.0 Å². The van der Waals surface area contributed by atoms with E-state index in [-0.39, 0.29) is 34.6 Å². The number of carboxylic acids is 1. The predicted octanol–water partition coefficient (Wildman–Crippen LogP) is 2.52. The van der Waals surface area contributed by atoms with E-state index in [1.54, 1.807) is 24.4 Å². The van der Waals surface area contributed by atoms with Crippen molar-refractivity contribution in [2.75, 3.05) is 19.8 Å². The predicted molar refractivity (Wildman–Crippen MR) is 238 cm³/mol. The first-order valence-electron chi connectivity index (χ1n) is 22.0. The van der Waals surface area contributed by atoms with Crippen molar-refractivity contribution < 1.29 is 73.9 Å². The summed E-state index contributed by atoms with van der Waals surface area (Å²) in [6.45, 7) is 1.67. The Labute approximate surface area is 383 Å². The van der Waals surface area contributed by atoms with Gasteiger partial charge in [-0.05, 0) is 74.7 Å². The molecule has 19 heteroatoms. The Kier molecular flexibility index (Phi) is 13.7. The lowest BCUT2D eigenvalue weighted by molar-refractivity contribution is -0.372. The van der Waals surface area contributed by atoms with Crippen LogP contribution in [-0.2, 0) is 23.9 Å². The number of aliphatic imine (C=N–C) groups is 1. The molecular weight excluding hydrogens is 875 g/mol. The maximum atomic E-state index is 13.9. The van der Waals surface area contributed by atoms with Crippen molar-refractivity contribution in [3.05, 3.63) is 111 Å². The number of esters is 1. The second kappa shape index (κ2) is 19.3. The first-order chi connectivity index (χ1) is 32.0. The van der Waals surface area contributed by atoms with Gasteiger partial charge < -0.3 is 59.5 Å². The summed E-state index contributed by atoms with van der Waals surface area (Å²) in [4.78, 5) is 51.3. The Balaban J connectivity index is 1.13. The number of phenolic OH excluding ortho intramolecular Hbond substituents is 1. The summed E-state index contributed by atoms with van der Waals surface area (Å²) in [6.07, 6.45) is -2.65. The zero-order valence-electron chi connectivity index (χ0n) is 36.6. The molecule has 8 unspecified atom stereocenters. The fraction of sp³-hybridized carbons (Fsp3) is 0.417.